The predicted molar refractivity (Wildman–Crippen MR) is 127 cm³/mol. The van der Waals surface area contributed by atoms with Crippen LogP contribution in [0.25, 0.3) is 21.9 Å². The number of nitrogens with zero attached hydrogens (tertiary/aromatic N) is 1. The van der Waals surface area contributed by atoms with Gasteiger partial charge < -0.3 is 14.8 Å². The second-order valence-electron chi connectivity index (χ2n) is 7.39. The van der Waals surface area contributed by atoms with Gasteiger partial charge in [-0.25, -0.2) is 4.68 Å². The van der Waals surface area contributed by atoms with Gasteiger partial charge in [-0.15, -0.1) is 0 Å². The standard InChI is InChI=1S/C25H23N3O5/c1-32-18-10-7-16(8-11-18)21-15-17(9-12-22(21)33-2)26-23(29)13-14-28-25(31)20-6-4-3-5-19(20)24(30)27-28/h3-12,15H,13-14H2,1-2H3,(H,26,29)(H,27,30). The van der Waals surface area contributed by atoms with E-state index < -0.39 is 0 Å². The molecule has 168 valence electrons. The number of methoxy groups -OCH3 is 2. The number of H-pyrrole nitrogens is 1. The molecule has 2 N–H and O–H groups in total. The number of carbonyl (C=O) groups is 1. The molecule has 8 nitrogen and oxygen atoms in total. The van der Waals surface area contributed by atoms with E-state index >= 15 is 0 Å². The molecule has 0 fully saturated rings. The van der Waals surface area contributed by atoms with Crippen molar-refractivity contribution in [2.75, 3.05) is 19.5 Å². The first-order valence-electron chi connectivity index (χ1n) is 10.3. The second-order valence-corrected chi connectivity index (χ2v) is 7.39. The number of fused-ring (bicyclic) bond motifs is 1. The van der Waals surface area contributed by atoms with Crippen molar-refractivity contribution in [2.45, 2.75) is 13.0 Å². The summed E-state index contributed by atoms with van der Waals surface area (Å²) in [6.07, 6.45) is 0.0120. The second kappa shape index (κ2) is 9.44. The fourth-order valence-corrected chi connectivity index (χ4v) is 3.62. The van der Waals surface area contributed by atoms with Gasteiger partial charge in [-0.1, -0.05) is 24.3 Å². The summed E-state index contributed by atoms with van der Waals surface area (Å²) >= 11 is 0. The molecule has 1 heterocycles. The van der Waals surface area contributed by atoms with Crippen LogP contribution in [0.1, 0.15) is 6.42 Å². The zero-order valence-corrected chi connectivity index (χ0v) is 18.3. The van der Waals surface area contributed by atoms with Crippen molar-refractivity contribution in [2.24, 2.45) is 0 Å². The number of rotatable bonds is 7. The fourth-order valence-electron chi connectivity index (χ4n) is 3.62. The monoisotopic (exact) mass is 445 g/mol. The Balaban J connectivity index is 1.51. The van der Waals surface area contributed by atoms with Crippen LogP contribution in [0.3, 0.4) is 0 Å². The maximum absolute atomic E-state index is 12.6. The van der Waals surface area contributed by atoms with Crippen LogP contribution in [0.4, 0.5) is 5.69 Å². The van der Waals surface area contributed by atoms with E-state index in [2.05, 4.69) is 10.4 Å². The molecule has 0 aliphatic carbocycles. The molecule has 8 heteroatoms. The Labute approximate surface area is 189 Å². The van der Waals surface area contributed by atoms with E-state index in [4.69, 9.17) is 9.47 Å². The number of carbonyl (C=O) groups excluding carboxylic acids is 1. The van der Waals surface area contributed by atoms with Gasteiger partial charge >= 0.3 is 0 Å². The third-order valence-electron chi connectivity index (χ3n) is 5.33. The lowest BCUT2D eigenvalue weighted by Gasteiger charge is -2.13. The van der Waals surface area contributed by atoms with Crippen molar-refractivity contribution in [3.05, 3.63) is 87.4 Å². The lowest BCUT2D eigenvalue weighted by molar-refractivity contribution is -0.116. The number of benzene rings is 3. The molecule has 3 aromatic carbocycles. The minimum atomic E-state index is -0.370. The minimum absolute atomic E-state index is 0.0120. The van der Waals surface area contributed by atoms with Crippen molar-refractivity contribution < 1.29 is 14.3 Å². The highest BCUT2D eigenvalue weighted by molar-refractivity contribution is 5.92. The van der Waals surface area contributed by atoms with Gasteiger partial charge in [0.05, 0.1) is 31.5 Å². The normalized spacial score (nSPS) is 10.7. The smallest absolute Gasteiger partial charge is 0.273 e. The molecule has 0 radical (unpaired) electrons. The Morgan fingerprint density at radius 2 is 1.67 bits per heavy atom. The van der Waals surface area contributed by atoms with Gasteiger partial charge in [0.25, 0.3) is 11.1 Å². The number of hydrogen-bond acceptors (Lipinski definition) is 5. The first kappa shape index (κ1) is 21.9. The Morgan fingerprint density at radius 1 is 0.939 bits per heavy atom. The summed E-state index contributed by atoms with van der Waals surface area (Å²) in [6.45, 7) is 0.0478. The van der Waals surface area contributed by atoms with E-state index in [9.17, 15) is 14.4 Å². The largest absolute Gasteiger partial charge is 0.497 e. The zero-order chi connectivity index (χ0) is 23.4. The quantitative estimate of drug-likeness (QED) is 0.454. The molecule has 1 amide bonds. The van der Waals surface area contributed by atoms with Crippen LogP contribution in [0.15, 0.2) is 76.3 Å². The summed E-state index contributed by atoms with van der Waals surface area (Å²) in [7, 11) is 3.19. The van der Waals surface area contributed by atoms with Gasteiger partial charge in [-0.2, -0.15) is 0 Å². The zero-order valence-electron chi connectivity index (χ0n) is 18.3. The topological polar surface area (TPSA) is 102 Å². The SMILES string of the molecule is COc1ccc(-c2cc(NC(=O)CCn3[nH]c(=O)c4ccccc4c3=O)ccc2OC)cc1. The highest BCUT2D eigenvalue weighted by atomic mass is 16.5. The van der Waals surface area contributed by atoms with E-state index in [0.717, 1.165) is 16.9 Å². The van der Waals surface area contributed by atoms with E-state index in [1.165, 1.54) is 4.68 Å². The maximum Gasteiger partial charge on any atom is 0.273 e. The molecule has 0 atom stereocenters. The van der Waals surface area contributed by atoms with E-state index in [1.807, 2.05) is 30.3 Å². The molecular weight excluding hydrogens is 422 g/mol. The molecule has 0 aliphatic heterocycles. The molecule has 4 rings (SSSR count). The number of aryl methyl sites for hydroxylation is 1. The number of aromatic nitrogens is 2. The van der Waals surface area contributed by atoms with Crippen LogP contribution in [-0.2, 0) is 11.3 Å². The van der Waals surface area contributed by atoms with E-state index in [0.29, 0.717) is 22.2 Å². The van der Waals surface area contributed by atoms with Crippen LogP contribution >= 0.6 is 0 Å². The molecule has 1 aromatic heterocycles. The number of hydrogen-bond donors (Lipinski definition) is 2. The third kappa shape index (κ3) is 4.64. The van der Waals surface area contributed by atoms with Crippen molar-refractivity contribution in [3.8, 4) is 22.6 Å². The molecule has 0 bridgehead atoms. The average Bonchev–Trinajstić information content (AvgIpc) is 2.85. The first-order chi connectivity index (χ1) is 16.0. The highest BCUT2D eigenvalue weighted by Crippen LogP contribution is 2.33. The molecule has 0 spiro atoms. The Hall–Kier alpha value is -4.33. The molecule has 0 saturated carbocycles. The minimum Gasteiger partial charge on any atom is -0.497 e. The first-order valence-corrected chi connectivity index (χ1v) is 10.3. The summed E-state index contributed by atoms with van der Waals surface area (Å²) < 4.78 is 11.8. The Kier molecular flexibility index (Phi) is 6.26. The number of nitrogens with one attached hydrogen (secondary N) is 2. The Bertz CT molecular complexity index is 1420. The molecular formula is C25H23N3O5. The van der Waals surface area contributed by atoms with Crippen LogP contribution in [0.2, 0.25) is 0 Å². The van der Waals surface area contributed by atoms with Crippen molar-refractivity contribution in [1.29, 1.82) is 0 Å². The molecule has 0 aliphatic rings. The summed E-state index contributed by atoms with van der Waals surface area (Å²) in [5, 5.41) is 6.02. The lowest BCUT2D eigenvalue weighted by Crippen LogP contribution is -2.31. The van der Waals surface area contributed by atoms with Crippen LogP contribution in [0, 0.1) is 0 Å². The van der Waals surface area contributed by atoms with E-state index in [1.54, 1.807) is 50.6 Å². The number of ether oxygens (including phenoxy) is 2. The summed E-state index contributed by atoms with van der Waals surface area (Å²) in [5.74, 6) is 1.12. The Morgan fingerprint density at radius 3 is 2.36 bits per heavy atom. The van der Waals surface area contributed by atoms with Crippen molar-refractivity contribution in [3.63, 3.8) is 0 Å². The van der Waals surface area contributed by atoms with Gasteiger partial charge in [0, 0.05) is 17.7 Å². The van der Waals surface area contributed by atoms with Gasteiger partial charge in [0.15, 0.2) is 0 Å². The van der Waals surface area contributed by atoms with E-state index in [-0.39, 0.29) is 30.0 Å². The number of amides is 1. The molecule has 4 aromatic rings. The number of aromatic amines is 1. The average molecular weight is 445 g/mol. The van der Waals surface area contributed by atoms with Crippen molar-refractivity contribution in [1.82, 2.24) is 9.78 Å². The van der Waals surface area contributed by atoms with Crippen LogP contribution in [0.5, 0.6) is 11.5 Å². The summed E-state index contributed by atoms with van der Waals surface area (Å²) in [6, 6.07) is 19.4. The molecule has 0 unspecified atom stereocenters. The summed E-state index contributed by atoms with van der Waals surface area (Å²) in [5.41, 5.74) is 1.59. The third-order valence-corrected chi connectivity index (χ3v) is 5.33. The van der Waals surface area contributed by atoms with Crippen molar-refractivity contribution >= 4 is 22.4 Å². The van der Waals surface area contributed by atoms with Gasteiger partial charge in [-0.05, 0) is 48.0 Å². The number of anilines is 1. The lowest BCUT2D eigenvalue weighted by atomic mass is 10.0. The van der Waals surface area contributed by atoms with Crippen LogP contribution < -0.4 is 25.9 Å². The fraction of sp³-hybridized carbons (Fsp3) is 0.160. The molecule has 0 saturated heterocycles. The maximum atomic E-state index is 12.6. The van der Waals surface area contributed by atoms with Gasteiger partial charge in [0.2, 0.25) is 5.91 Å². The van der Waals surface area contributed by atoms with Gasteiger partial charge in [-0.3, -0.25) is 19.5 Å². The van der Waals surface area contributed by atoms with Gasteiger partial charge in [0.1, 0.15) is 11.5 Å². The highest BCUT2D eigenvalue weighted by Gasteiger charge is 2.11. The molecule has 33 heavy (non-hydrogen) atoms. The summed E-state index contributed by atoms with van der Waals surface area (Å²) in [4.78, 5) is 37.4. The van der Waals surface area contributed by atoms with Crippen LogP contribution in [-0.4, -0.2) is 29.9 Å². The predicted octanol–water partition coefficient (Wildman–Crippen LogP) is 3.40.